The summed E-state index contributed by atoms with van der Waals surface area (Å²) in [4.78, 5) is 40.1. The lowest BCUT2D eigenvalue weighted by atomic mass is 10.0. The number of fused-ring (bicyclic) bond motifs is 1. The van der Waals surface area contributed by atoms with Crippen LogP contribution in [0.3, 0.4) is 0 Å². The lowest BCUT2D eigenvalue weighted by Crippen LogP contribution is -2.37. The van der Waals surface area contributed by atoms with Crippen molar-refractivity contribution in [3.05, 3.63) is 38.9 Å². The number of carbonyl (C=O) groups is 2. The van der Waals surface area contributed by atoms with Crippen molar-refractivity contribution in [2.75, 3.05) is 36.0 Å². The number of likely N-dealkylation sites (tertiary alicyclic amines) is 1. The van der Waals surface area contributed by atoms with E-state index in [0.717, 1.165) is 28.7 Å². The molecule has 0 radical (unpaired) electrons. The molecule has 8 nitrogen and oxygen atoms in total. The fraction of sp³-hybridized carbons (Fsp3) is 0.417. The number of pyridine rings is 1. The summed E-state index contributed by atoms with van der Waals surface area (Å²) in [6, 6.07) is 3.46. The summed E-state index contributed by atoms with van der Waals surface area (Å²) in [5, 5.41) is 4.33. The molecule has 0 spiro atoms. The van der Waals surface area contributed by atoms with Crippen molar-refractivity contribution >= 4 is 85.8 Å². The molecular formula is C24H24Cl3N5O3S2. The monoisotopic (exact) mass is 599 g/mol. The summed E-state index contributed by atoms with van der Waals surface area (Å²) in [5.41, 5.74) is 0.706. The van der Waals surface area contributed by atoms with Crippen LogP contribution in [0.25, 0.3) is 10.6 Å². The Labute approximate surface area is 237 Å². The molecule has 13 heteroatoms. The summed E-state index contributed by atoms with van der Waals surface area (Å²) in [6.07, 6.45) is 1.91. The van der Waals surface area contributed by atoms with E-state index in [2.05, 4.69) is 9.88 Å². The highest BCUT2D eigenvalue weighted by atomic mass is 35.5. The van der Waals surface area contributed by atoms with E-state index in [-0.39, 0.29) is 16.3 Å². The Hall–Kier alpha value is -2.11. The van der Waals surface area contributed by atoms with Gasteiger partial charge in [-0.2, -0.15) is 0 Å². The second kappa shape index (κ2) is 10.2. The van der Waals surface area contributed by atoms with Gasteiger partial charge in [0.25, 0.3) is 0 Å². The molecule has 2 fully saturated rings. The summed E-state index contributed by atoms with van der Waals surface area (Å²) in [6.45, 7) is 8.47. The number of thiazole rings is 1. The maximum absolute atomic E-state index is 12.6. The van der Waals surface area contributed by atoms with Crippen LogP contribution in [-0.2, 0) is 9.53 Å². The van der Waals surface area contributed by atoms with Crippen LogP contribution in [0.5, 0.6) is 0 Å². The number of nitrogens with zero attached hydrogens (tertiary/aromatic N) is 5. The fourth-order valence-electron chi connectivity index (χ4n) is 4.61. The standard InChI is InChI=1S/C24H24Cl3N5O3S2/c1-24(2,3)35-23(34)31-9-13-7-30(8-14(13)10-31)21-19(18-4-15(25)11-36-18)29-22(37-21)32(12-33)16-5-17(26)20(27)28-6-16/h4-6,11-14H,7-10H2,1-3H3. The topological polar surface area (TPSA) is 78.9 Å². The molecule has 3 aromatic heterocycles. The van der Waals surface area contributed by atoms with Crippen molar-refractivity contribution in [2.24, 2.45) is 11.8 Å². The number of carbonyl (C=O) groups excluding carboxylic acids is 2. The van der Waals surface area contributed by atoms with Crippen LogP contribution in [0.2, 0.25) is 15.2 Å². The summed E-state index contributed by atoms with van der Waals surface area (Å²) >= 11 is 21.3. The Kier molecular flexibility index (Phi) is 7.32. The van der Waals surface area contributed by atoms with Crippen LogP contribution in [-0.4, -0.2) is 59.2 Å². The third-order valence-electron chi connectivity index (χ3n) is 6.20. The van der Waals surface area contributed by atoms with Gasteiger partial charge in [0.05, 0.1) is 26.8 Å². The molecule has 37 heavy (non-hydrogen) atoms. The van der Waals surface area contributed by atoms with E-state index in [1.54, 1.807) is 11.0 Å². The first-order valence-corrected chi connectivity index (χ1v) is 14.4. The largest absolute Gasteiger partial charge is 0.444 e. The number of rotatable bonds is 5. The van der Waals surface area contributed by atoms with Crippen molar-refractivity contribution in [2.45, 2.75) is 26.4 Å². The molecule has 2 saturated heterocycles. The maximum atomic E-state index is 12.6. The van der Waals surface area contributed by atoms with E-state index in [0.29, 0.717) is 47.2 Å². The molecule has 5 rings (SSSR count). The maximum Gasteiger partial charge on any atom is 0.410 e. The van der Waals surface area contributed by atoms with Crippen LogP contribution in [0.15, 0.2) is 23.7 Å². The SMILES string of the molecule is CC(C)(C)OC(=O)N1CC2CN(c3sc(N(C=O)c4cnc(Cl)c(Cl)c4)nc3-c3cc(Cl)cs3)CC2C1. The van der Waals surface area contributed by atoms with Crippen molar-refractivity contribution in [3.8, 4) is 10.6 Å². The summed E-state index contributed by atoms with van der Waals surface area (Å²) < 4.78 is 5.57. The third kappa shape index (κ3) is 5.54. The number of amides is 2. The minimum atomic E-state index is -0.523. The number of thiophene rings is 1. The zero-order valence-corrected chi connectivity index (χ0v) is 24.2. The third-order valence-corrected chi connectivity index (χ3v) is 9.28. The van der Waals surface area contributed by atoms with Gasteiger partial charge in [-0.25, -0.2) is 14.8 Å². The number of halogens is 3. The second-order valence-electron chi connectivity index (χ2n) is 10.0. The van der Waals surface area contributed by atoms with Crippen molar-refractivity contribution in [1.29, 1.82) is 0 Å². The molecular weight excluding hydrogens is 577 g/mol. The minimum Gasteiger partial charge on any atom is -0.444 e. The number of ether oxygens (including phenoxy) is 1. The molecule has 0 saturated carbocycles. The Balaban J connectivity index is 1.42. The molecule has 3 aromatic rings. The van der Waals surface area contributed by atoms with Gasteiger partial charge in [0.2, 0.25) is 6.41 Å². The lowest BCUT2D eigenvalue weighted by molar-refractivity contribution is -0.106. The predicted molar refractivity (Wildman–Crippen MR) is 150 cm³/mol. The predicted octanol–water partition coefficient (Wildman–Crippen LogP) is 6.82. The first-order valence-electron chi connectivity index (χ1n) is 11.6. The Morgan fingerprint density at radius 2 is 1.86 bits per heavy atom. The molecule has 0 bridgehead atoms. The van der Waals surface area contributed by atoms with Crippen LogP contribution in [0.1, 0.15) is 20.8 Å². The Morgan fingerprint density at radius 1 is 1.16 bits per heavy atom. The molecule has 2 atom stereocenters. The second-order valence-corrected chi connectivity index (χ2v) is 13.1. The van der Waals surface area contributed by atoms with E-state index in [4.69, 9.17) is 44.5 Å². The molecule has 0 aromatic carbocycles. The number of aromatic nitrogens is 2. The first kappa shape index (κ1) is 26.5. The smallest absolute Gasteiger partial charge is 0.410 e. The van der Waals surface area contributed by atoms with E-state index >= 15 is 0 Å². The van der Waals surface area contributed by atoms with Gasteiger partial charge in [0.1, 0.15) is 21.4 Å². The van der Waals surface area contributed by atoms with Gasteiger partial charge in [0, 0.05) is 43.4 Å². The molecule has 0 N–H and O–H groups in total. The Bertz CT molecular complexity index is 1330. The highest BCUT2D eigenvalue weighted by molar-refractivity contribution is 7.21. The lowest BCUT2D eigenvalue weighted by Gasteiger charge is -2.26. The van der Waals surface area contributed by atoms with Gasteiger partial charge in [-0.05, 0) is 32.9 Å². The zero-order valence-electron chi connectivity index (χ0n) is 20.3. The van der Waals surface area contributed by atoms with Gasteiger partial charge < -0.3 is 14.5 Å². The quantitative estimate of drug-likeness (QED) is 0.236. The highest BCUT2D eigenvalue weighted by Crippen LogP contribution is 2.47. The number of hydrogen-bond acceptors (Lipinski definition) is 8. The van der Waals surface area contributed by atoms with Crippen molar-refractivity contribution in [1.82, 2.24) is 14.9 Å². The van der Waals surface area contributed by atoms with Gasteiger partial charge in [-0.15, -0.1) is 11.3 Å². The molecule has 196 valence electrons. The fourth-order valence-corrected chi connectivity index (χ4v) is 7.09. The van der Waals surface area contributed by atoms with Crippen LogP contribution >= 0.6 is 57.5 Å². The van der Waals surface area contributed by atoms with Crippen molar-refractivity contribution in [3.63, 3.8) is 0 Å². The first-order chi connectivity index (χ1) is 17.5. The van der Waals surface area contributed by atoms with Crippen molar-refractivity contribution < 1.29 is 14.3 Å². The molecule has 2 aliphatic rings. The van der Waals surface area contributed by atoms with Crippen LogP contribution in [0, 0.1) is 11.8 Å². The normalized spacial score (nSPS) is 19.3. The van der Waals surface area contributed by atoms with Crippen LogP contribution < -0.4 is 9.80 Å². The molecule has 2 amide bonds. The van der Waals surface area contributed by atoms with Gasteiger partial charge in [-0.3, -0.25) is 9.69 Å². The summed E-state index contributed by atoms with van der Waals surface area (Å²) in [5.74, 6) is 0.638. The summed E-state index contributed by atoms with van der Waals surface area (Å²) in [7, 11) is 0. The Morgan fingerprint density at radius 3 is 2.43 bits per heavy atom. The average Bonchev–Trinajstić information content (AvgIpc) is 3.58. The zero-order chi connectivity index (χ0) is 26.5. The molecule has 2 unspecified atom stereocenters. The highest BCUT2D eigenvalue weighted by Gasteiger charge is 2.44. The van der Waals surface area contributed by atoms with E-state index in [1.165, 1.54) is 33.8 Å². The van der Waals surface area contributed by atoms with E-state index in [9.17, 15) is 9.59 Å². The van der Waals surface area contributed by atoms with Crippen LogP contribution in [0.4, 0.5) is 20.6 Å². The van der Waals surface area contributed by atoms with Gasteiger partial charge >= 0.3 is 6.09 Å². The van der Waals surface area contributed by atoms with Gasteiger partial charge in [-0.1, -0.05) is 46.1 Å². The average molecular weight is 601 g/mol. The number of hydrogen-bond donors (Lipinski definition) is 0. The van der Waals surface area contributed by atoms with E-state index in [1.807, 2.05) is 32.2 Å². The number of anilines is 3. The van der Waals surface area contributed by atoms with E-state index < -0.39 is 5.60 Å². The molecule has 2 aliphatic heterocycles. The molecule has 5 heterocycles. The van der Waals surface area contributed by atoms with Gasteiger partial charge in [0.15, 0.2) is 5.13 Å². The molecule has 0 aliphatic carbocycles. The minimum absolute atomic E-state index is 0.161.